The summed E-state index contributed by atoms with van der Waals surface area (Å²) in [4.78, 5) is 21.2. The van der Waals surface area contributed by atoms with Gasteiger partial charge in [0.1, 0.15) is 5.82 Å². The lowest BCUT2D eigenvalue weighted by Crippen LogP contribution is -2.15. The number of amides is 1. The number of hydrogen-bond donors (Lipinski definition) is 1. The number of aromatic nitrogens is 4. The van der Waals surface area contributed by atoms with E-state index >= 15 is 0 Å². The molecular formula is C21H27N5OS. The van der Waals surface area contributed by atoms with Crippen molar-refractivity contribution in [2.75, 3.05) is 5.32 Å². The molecule has 0 atom stereocenters. The number of hydrogen-bond acceptors (Lipinski definition) is 5. The van der Waals surface area contributed by atoms with E-state index in [9.17, 15) is 4.79 Å². The van der Waals surface area contributed by atoms with E-state index in [4.69, 9.17) is 0 Å². The van der Waals surface area contributed by atoms with Gasteiger partial charge in [0.2, 0.25) is 11.0 Å². The molecule has 3 aromatic heterocycles. The molecule has 0 unspecified atom stereocenters. The second kappa shape index (κ2) is 9.10. The molecule has 3 rings (SSSR count). The molecule has 0 saturated heterocycles. The lowest BCUT2D eigenvalue weighted by Gasteiger charge is -2.04. The average Bonchev–Trinajstić information content (AvgIpc) is 3.20. The van der Waals surface area contributed by atoms with E-state index in [1.165, 1.54) is 36.2 Å². The summed E-state index contributed by atoms with van der Waals surface area (Å²) in [7, 11) is 0. The lowest BCUT2D eigenvalue weighted by molar-refractivity contribution is -0.115. The third kappa shape index (κ3) is 4.84. The van der Waals surface area contributed by atoms with E-state index in [1.807, 2.05) is 29.1 Å². The molecule has 7 heteroatoms. The van der Waals surface area contributed by atoms with E-state index < -0.39 is 0 Å². The highest BCUT2D eigenvalue weighted by Gasteiger charge is 2.16. The number of carbonyl (C=O) groups excluding carboxylic acids is 1. The van der Waals surface area contributed by atoms with E-state index in [2.05, 4.69) is 41.2 Å². The summed E-state index contributed by atoms with van der Waals surface area (Å²) in [6.45, 7) is 8.26. The summed E-state index contributed by atoms with van der Waals surface area (Å²) in [5.74, 6) is 0.444. The molecule has 1 N–H and O–H groups in total. The predicted octanol–water partition coefficient (Wildman–Crippen LogP) is 4.56. The normalized spacial score (nSPS) is 11.0. The van der Waals surface area contributed by atoms with Gasteiger partial charge < -0.3 is 5.32 Å². The first kappa shape index (κ1) is 20.2. The van der Waals surface area contributed by atoms with Gasteiger partial charge in [-0.05, 0) is 51.3 Å². The predicted molar refractivity (Wildman–Crippen MR) is 113 cm³/mol. The van der Waals surface area contributed by atoms with Crippen LogP contribution < -0.4 is 5.32 Å². The highest BCUT2D eigenvalue weighted by Crippen LogP contribution is 2.22. The first-order valence-electron chi connectivity index (χ1n) is 9.71. The molecule has 6 nitrogen and oxygen atoms in total. The first-order chi connectivity index (χ1) is 13.5. The van der Waals surface area contributed by atoms with Crippen LogP contribution in [-0.2, 0) is 17.6 Å². The third-order valence-electron chi connectivity index (χ3n) is 4.69. The number of aryl methyl sites for hydroxylation is 2. The Morgan fingerprint density at radius 3 is 2.75 bits per heavy atom. The molecule has 3 heterocycles. The van der Waals surface area contributed by atoms with Gasteiger partial charge in [-0.2, -0.15) is 5.10 Å². The van der Waals surface area contributed by atoms with Crippen LogP contribution in [0.15, 0.2) is 23.6 Å². The maximum atomic E-state index is 12.3. The van der Waals surface area contributed by atoms with Gasteiger partial charge in [-0.15, -0.1) is 11.3 Å². The highest BCUT2D eigenvalue weighted by atomic mass is 32.1. The van der Waals surface area contributed by atoms with Gasteiger partial charge >= 0.3 is 0 Å². The molecule has 0 fully saturated rings. The number of carbonyl (C=O) groups is 1. The Morgan fingerprint density at radius 2 is 2.00 bits per heavy atom. The van der Waals surface area contributed by atoms with E-state index in [0.29, 0.717) is 5.82 Å². The van der Waals surface area contributed by atoms with Crippen LogP contribution in [0, 0.1) is 20.8 Å². The summed E-state index contributed by atoms with van der Waals surface area (Å²) in [6, 6.07) is 5.56. The number of unbranched alkanes of at least 4 members (excludes halogenated alkanes) is 2. The van der Waals surface area contributed by atoms with Crippen molar-refractivity contribution in [2.24, 2.45) is 0 Å². The zero-order valence-electron chi connectivity index (χ0n) is 17.0. The quantitative estimate of drug-likeness (QED) is 0.566. The van der Waals surface area contributed by atoms with Crippen LogP contribution in [0.5, 0.6) is 0 Å². The fraction of sp³-hybridized carbons (Fsp3) is 0.429. The van der Waals surface area contributed by atoms with E-state index in [1.54, 1.807) is 6.07 Å². The van der Waals surface area contributed by atoms with Gasteiger partial charge in [-0.25, -0.2) is 14.6 Å². The Bertz CT molecular complexity index is 960. The van der Waals surface area contributed by atoms with Crippen LogP contribution in [0.4, 0.5) is 5.82 Å². The van der Waals surface area contributed by atoms with Gasteiger partial charge in [0.05, 0.1) is 17.8 Å². The average molecular weight is 398 g/mol. The molecule has 1 amide bonds. The van der Waals surface area contributed by atoms with Crippen molar-refractivity contribution < 1.29 is 4.79 Å². The van der Waals surface area contributed by atoms with Crippen LogP contribution in [0.2, 0.25) is 0 Å². The zero-order valence-corrected chi connectivity index (χ0v) is 17.8. The van der Waals surface area contributed by atoms with Crippen molar-refractivity contribution in [1.82, 2.24) is 19.7 Å². The third-order valence-corrected chi connectivity index (χ3v) is 5.55. The molecule has 0 radical (unpaired) electrons. The van der Waals surface area contributed by atoms with E-state index in [0.717, 1.165) is 34.3 Å². The largest absolute Gasteiger partial charge is 0.310 e. The first-order valence-corrected chi connectivity index (χ1v) is 10.6. The van der Waals surface area contributed by atoms with Gasteiger partial charge in [-0.3, -0.25) is 4.79 Å². The van der Waals surface area contributed by atoms with Crippen LogP contribution >= 0.6 is 11.3 Å². The van der Waals surface area contributed by atoms with Gasteiger partial charge in [0.15, 0.2) is 0 Å². The molecular weight excluding hydrogens is 370 g/mol. The number of thiazole rings is 1. The molecule has 0 aromatic carbocycles. The summed E-state index contributed by atoms with van der Waals surface area (Å²) in [5, 5.41) is 10.2. The minimum atomic E-state index is -0.122. The SMILES string of the molecule is CCCCCc1c(C)nn(-c2nc(CC(=O)Nc3cccc(C)n3)cs2)c1C. The standard InChI is InChI=1S/C21H27N5OS/c1-5-6-7-10-18-15(3)25-26(16(18)4)21-23-17(13-28-21)12-20(27)24-19-11-8-9-14(2)22-19/h8-9,11,13H,5-7,10,12H2,1-4H3,(H,22,24,27). The molecule has 0 aliphatic carbocycles. The monoisotopic (exact) mass is 397 g/mol. The number of pyridine rings is 1. The molecule has 28 heavy (non-hydrogen) atoms. The molecule has 0 aliphatic heterocycles. The Kier molecular flexibility index (Phi) is 6.57. The number of anilines is 1. The maximum absolute atomic E-state index is 12.3. The van der Waals surface area contributed by atoms with Crippen LogP contribution in [0.1, 0.15) is 54.5 Å². The second-order valence-corrected chi connectivity index (χ2v) is 7.87. The summed E-state index contributed by atoms with van der Waals surface area (Å²) >= 11 is 1.51. The molecule has 3 aromatic rings. The maximum Gasteiger partial charge on any atom is 0.231 e. The van der Waals surface area contributed by atoms with Crippen LogP contribution in [0.3, 0.4) is 0 Å². The van der Waals surface area contributed by atoms with Crippen molar-refractivity contribution in [3.8, 4) is 5.13 Å². The minimum Gasteiger partial charge on any atom is -0.310 e. The summed E-state index contributed by atoms with van der Waals surface area (Å²) in [5.41, 5.74) is 5.13. The Balaban J connectivity index is 1.68. The fourth-order valence-corrected chi connectivity index (χ4v) is 4.04. The van der Waals surface area contributed by atoms with Gasteiger partial charge in [0, 0.05) is 16.8 Å². The Labute approximate surface area is 170 Å². The minimum absolute atomic E-state index is 0.122. The number of nitrogens with zero attached hydrogens (tertiary/aromatic N) is 4. The van der Waals surface area contributed by atoms with Crippen molar-refractivity contribution in [3.63, 3.8) is 0 Å². The molecule has 0 bridgehead atoms. The lowest BCUT2D eigenvalue weighted by atomic mass is 10.1. The summed E-state index contributed by atoms with van der Waals surface area (Å²) in [6.07, 6.45) is 4.89. The van der Waals surface area contributed by atoms with Crippen molar-refractivity contribution in [2.45, 2.75) is 59.8 Å². The second-order valence-electron chi connectivity index (χ2n) is 7.03. The van der Waals surface area contributed by atoms with Crippen LogP contribution in [-0.4, -0.2) is 25.7 Å². The molecule has 0 spiro atoms. The number of rotatable bonds is 8. The smallest absolute Gasteiger partial charge is 0.231 e. The number of nitrogens with one attached hydrogen (secondary N) is 1. The zero-order chi connectivity index (χ0) is 20.1. The molecule has 148 valence electrons. The Hall–Kier alpha value is -2.54. The van der Waals surface area contributed by atoms with Crippen LogP contribution in [0.25, 0.3) is 5.13 Å². The molecule has 0 aliphatic rings. The van der Waals surface area contributed by atoms with E-state index in [-0.39, 0.29) is 12.3 Å². The van der Waals surface area contributed by atoms with Crippen molar-refractivity contribution in [3.05, 3.63) is 51.9 Å². The van der Waals surface area contributed by atoms with Gasteiger partial charge in [0.25, 0.3) is 0 Å². The topological polar surface area (TPSA) is 72.7 Å². The van der Waals surface area contributed by atoms with Crippen molar-refractivity contribution >= 4 is 23.1 Å². The molecule has 0 saturated carbocycles. The fourth-order valence-electron chi connectivity index (χ4n) is 3.21. The van der Waals surface area contributed by atoms with Crippen molar-refractivity contribution in [1.29, 1.82) is 0 Å². The van der Waals surface area contributed by atoms with Gasteiger partial charge in [-0.1, -0.05) is 25.8 Å². The highest BCUT2D eigenvalue weighted by molar-refractivity contribution is 7.12. The summed E-state index contributed by atoms with van der Waals surface area (Å²) < 4.78 is 1.91. The Morgan fingerprint density at radius 1 is 1.18 bits per heavy atom.